The Morgan fingerprint density at radius 3 is 2.40 bits per heavy atom. The first-order valence-corrected chi connectivity index (χ1v) is 6.94. The van der Waals surface area contributed by atoms with E-state index in [1.54, 1.807) is 0 Å². The van der Waals surface area contributed by atoms with Crippen molar-refractivity contribution < 1.29 is 9.31 Å². The molecule has 0 aromatic carbocycles. The molecule has 1 fully saturated rings. The lowest BCUT2D eigenvalue weighted by Crippen LogP contribution is -2.41. The van der Waals surface area contributed by atoms with E-state index in [4.69, 9.17) is 15.0 Å². The molecule has 5 heteroatoms. The van der Waals surface area contributed by atoms with E-state index >= 15 is 0 Å². The topological polar surface area (TPSA) is 57.4 Å². The fraction of sp³-hybridized carbons (Fsp3) is 0.533. The zero-order valence-corrected chi connectivity index (χ0v) is 12.9. The third-order valence-corrected chi connectivity index (χ3v) is 4.12. The molecule has 0 bridgehead atoms. The van der Waals surface area contributed by atoms with Crippen LogP contribution in [-0.4, -0.2) is 23.3 Å². The van der Waals surface area contributed by atoms with Gasteiger partial charge in [0, 0.05) is 12.7 Å². The zero-order valence-electron chi connectivity index (χ0n) is 12.9. The molecule has 0 spiro atoms. The molecule has 0 atom stereocenters. The Kier molecular flexibility index (Phi) is 4.05. The van der Waals surface area contributed by atoms with E-state index in [1.165, 1.54) is 0 Å². The lowest BCUT2D eigenvalue weighted by atomic mass is 9.88. The van der Waals surface area contributed by atoms with E-state index in [-0.39, 0.29) is 18.3 Å². The van der Waals surface area contributed by atoms with Crippen molar-refractivity contribution in [2.75, 3.05) is 0 Å². The third-order valence-electron chi connectivity index (χ3n) is 4.12. The standard InChI is InChI=1S/C15H23BN2O2/c1-11-10-18-13(9-17)8-12(11)6-7-16-19-14(2,3)15(4,5)20-16/h6-8,10H,9,17H2,1-5H3/b7-6+. The van der Waals surface area contributed by atoms with Gasteiger partial charge in [0.1, 0.15) is 0 Å². The summed E-state index contributed by atoms with van der Waals surface area (Å²) in [6.45, 7) is 10.7. The van der Waals surface area contributed by atoms with Gasteiger partial charge in [0.15, 0.2) is 0 Å². The van der Waals surface area contributed by atoms with Crippen LogP contribution >= 0.6 is 0 Å². The van der Waals surface area contributed by atoms with Crippen LogP contribution in [-0.2, 0) is 15.9 Å². The molecule has 2 rings (SSSR count). The Morgan fingerprint density at radius 2 is 1.85 bits per heavy atom. The van der Waals surface area contributed by atoms with Crippen molar-refractivity contribution >= 4 is 13.2 Å². The summed E-state index contributed by atoms with van der Waals surface area (Å²) in [6, 6.07) is 2.00. The summed E-state index contributed by atoms with van der Waals surface area (Å²) in [5, 5.41) is 0. The Morgan fingerprint density at radius 1 is 1.25 bits per heavy atom. The second-order valence-electron chi connectivity index (χ2n) is 6.22. The van der Waals surface area contributed by atoms with Gasteiger partial charge in [-0.05, 0) is 51.8 Å². The van der Waals surface area contributed by atoms with Crippen LogP contribution in [0.3, 0.4) is 0 Å². The monoisotopic (exact) mass is 274 g/mol. The van der Waals surface area contributed by atoms with Crippen LogP contribution in [0, 0.1) is 6.92 Å². The first-order valence-electron chi connectivity index (χ1n) is 6.94. The summed E-state index contributed by atoms with van der Waals surface area (Å²) >= 11 is 0. The van der Waals surface area contributed by atoms with Crippen molar-refractivity contribution in [2.45, 2.75) is 52.4 Å². The Bertz CT molecular complexity index is 511. The molecule has 1 aliphatic rings. The average molecular weight is 274 g/mol. The molecule has 1 saturated heterocycles. The molecule has 0 saturated carbocycles. The van der Waals surface area contributed by atoms with E-state index in [9.17, 15) is 0 Å². The van der Waals surface area contributed by atoms with Crippen molar-refractivity contribution in [3.05, 3.63) is 35.1 Å². The van der Waals surface area contributed by atoms with Gasteiger partial charge in [-0.25, -0.2) is 0 Å². The molecule has 1 aromatic rings. The van der Waals surface area contributed by atoms with Gasteiger partial charge >= 0.3 is 7.12 Å². The van der Waals surface area contributed by atoms with Crippen LogP contribution in [0.25, 0.3) is 6.08 Å². The number of aromatic nitrogens is 1. The highest BCUT2D eigenvalue weighted by atomic mass is 16.7. The summed E-state index contributed by atoms with van der Waals surface area (Å²) in [7, 11) is -0.325. The van der Waals surface area contributed by atoms with Crippen LogP contribution in [0.2, 0.25) is 0 Å². The summed E-state index contributed by atoms with van der Waals surface area (Å²) in [5.74, 6) is 1.94. The molecule has 0 amide bonds. The van der Waals surface area contributed by atoms with Crippen molar-refractivity contribution in [3.8, 4) is 0 Å². The zero-order chi connectivity index (χ0) is 15.0. The molecule has 20 heavy (non-hydrogen) atoms. The van der Waals surface area contributed by atoms with Crippen LogP contribution in [0.5, 0.6) is 0 Å². The predicted octanol–water partition coefficient (Wildman–Crippen LogP) is 2.49. The predicted molar refractivity (Wildman–Crippen MR) is 82.0 cm³/mol. The summed E-state index contributed by atoms with van der Waals surface area (Å²) < 4.78 is 11.9. The molecular formula is C15H23BN2O2. The van der Waals surface area contributed by atoms with Gasteiger partial charge in [-0.1, -0.05) is 12.1 Å². The number of nitrogens with two attached hydrogens (primary N) is 1. The van der Waals surface area contributed by atoms with Crippen LogP contribution in [0.15, 0.2) is 18.2 Å². The fourth-order valence-corrected chi connectivity index (χ4v) is 2.03. The smallest absolute Gasteiger partial charge is 0.400 e. The van der Waals surface area contributed by atoms with Gasteiger partial charge in [-0.2, -0.15) is 0 Å². The molecule has 2 N–H and O–H groups in total. The minimum atomic E-state index is -0.325. The van der Waals surface area contributed by atoms with Crippen LogP contribution in [0.4, 0.5) is 0 Å². The van der Waals surface area contributed by atoms with Gasteiger partial charge in [0.2, 0.25) is 0 Å². The SMILES string of the molecule is Cc1cnc(CN)cc1/C=C/B1OC(C)(C)C(C)(C)O1. The molecule has 108 valence electrons. The maximum atomic E-state index is 5.93. The largest absolute Gasteiger partial charge is 0.487 e. The summed E-state index contributed by atoms with van der Waals surface area (Å²) in [4.78, 5) is 4.26. The van der Waals surface area contributed by atoms with Crippen molar-refractivity contribution in [3.63, 3.8) is 0 Å². The molecule has 1 aliphatic heterocycles. The third kappa shape index (κ3) is 2.95. The normalized spacial score (nSPS) is 20.8. The summed E-state index contributed by atoms with van der Waals surface area (Å²) in [6.07, 6.45) is 3.85. The minimum Gasteiger partial charge on any atom is -0.400 e. The molecule has 0 radical (unpaired) electrons. The quantitative estimate of drug-likeness (QED) is 0.860. The molecule has 0 unspecified atom stereocenters. The highest BCUT2D eigenvalue weighted by Gasteiger charge is 2.49. The first kappa shape index (κ1) is 15.2. The molecule has 4 nitrogen and oxygen atoms in total. The second-order valence-corrected chi connectivity index (χ2v) is 6.22. The van der Waals surface area contributed by atoms with E-state index in [2.05, 4.69) is 4.98 Å². The van der Waals surface area contributed by atoms with E-state index in [0.29, 0.717) is 6.54 Å². The molecule has 1 aromatic heterocycles. The number of hydrogen-bond donors (Lipinski definition) is 1. The van der Waals surface area contributed by atoms with Crippen LogP contribution in [0.1, 0.15) is 44.5 Å². The number of nitrogens with zero attached hydrogens (tertiary/aromatic N) is 1. The average Bonchev–Trinajstić information content (AvgIpc) is 2.57. The van der Waals surface area contributed by atoms with Gasteiger partial charge in [0.25, 0.3) is 0 Å². The van der Waals surface area contributed by atoms with E-state index in [1.807, 2.05) is 58.9 Å². The summed E-state index contributed by atoms with van der Waals surface area (Å²) in [5.41, 5.74) is 8.08. The van der Waals surface area contributed by atoms with E-state index in [0.717, 1.165) is 16.8 Å². The Labute approximate surface area is 121 Å². The van der Waals surface area contributed by atoms with Crippen molar-refractivity contribution in [1.29, 1.82) is 0 Å². The molecule has 2 heterocycles. The van der Waals surface area contributed by atoms with Crippen molar-refractivity contribution in [2.24, 2.45) is 5.73 Å². The Balaban J connectivity index is 2.15. The number of aryl methyl sites for hydroxylation is 1. The first-order chi connectivity index (χ1) is 9.25. The number of rotatable bonds is 3. The van der Waals surface area contributed by atoms with Crippen LogP contribution < -0.4 is 5.73 Å². The maximum Gasteiger partial charge on any atom is 0.487 e. The highest BCUT2D eigenvalue weighted by Crippen LogP contribution is 2.37. The lowest BCUT2D eigenvalue weighted by Gasteiger charge is -2.32. The van der Waals surface area contributed by atoms with Crippen molar-refractivity contribution in [1.82, 2.24) is 4.98 Å². The fourth-order valence-electron chi connectivity index (χ4n) is 2.03. The number of hydrogen-bond acceptors (Lipinski definition) is 4. The van der Waals surface area contributed by atoms with Gasteiger partial charge < -0.3 is 15.0 Å². The van der Waals surface area contributed by atoms with Gasteiger partial charge in [-0.3, -0.25) is 4.98 Å². The Hall–Kier alpha value is -1.17. The highest BCUT2D eigenvalue weighted by molar-refractivity contribution is 6.52. The maximum absolute atomic E-state index is 5.93. The molecule has 0 aliphatic carbocycles. The molecular weight excluding hydrogens is 251 g/mol. The second kappa shape index (κ2) is 5.32. The van der Waals surface area contributed by atoms with Gasteiger partial charge in [-0.15, -0.1) is 0 Å². The lowest BCUT2D eigenvalue weighted by molar-refractivity contribution is 0.00578. The van der Waals surface area contributed by atoms with E-state index < -0.39 is 0 Å². The van der Waals surface area contributed by atoms with Gasteiger partial charge in [0.05, 0.1) is 16.9 Å². The minimum absolute atomic E-state index is 0.308. The number of pyridine rings is 1.